The van der Waals surface area contributed by atoms with Gasteiger partial charge in [-0.05, 0) is 87.9 Å². The van der Waals surface area contributed by atoms with E-state index in [-0.39, 0.29) is 11.3 Å². The zero-order valence-corrected chi connectivity index (χ0v) is 18.2. The standard InChI is InChI=1S/C25H33N3O2/c1-17-22(18(2)30-27-17)16-28-12-10-25(11-13-28)15-19(21-8-3-4-9-23(21)25)14-24(29)26-20-6-5-7-20/h3-4,8-9,19-20H,5-7,10-16H2,1-2H3,(H,26,29). The topological polar surface area (TPSA) is 58.4 Å². The maximum Gasteiger partial charge on any atom is 0.220 e. The molecule has 1 aromatic heterocycles. The number of rotatable bonds is 5. The molecule has 1 spiro atoms. The summed E-state index contributed by atoms with van der Waals surface area (Å²) in [4.78, 5) is 15.2. The van der Waals surface area contributed by atoms with Gasteiger partial charge in [-0.25, -0.2) is 0 Å². The molecule has 2 aromatic rings. The molecular weight excluding hydrogens is 374 g/mol. The lowest BCUT2D eigenvalue weighted by molar-refractivity contribution is -0.122. The molecule has 1 aliphatic heterocycles. The van der Waals surface area contributed by atoms with E-state index in [0.717, 1.165) is 63.2 Å². The molecule has 160 valence electrons. The SMILES string of the molecule is Cc1noc(C)c1CN1CCC2(CC1)CC(CC(=O)NC1CCC1)c1ccccc12. The first-order valence-electron chi connectivity index (χ1n) is 11.6. The van der Waals surface area contributed by atoms with Crippen molar-refractivity contribution in [3.63, 3.8) is 0 Å². The minimum Gasteiger partial charge on any atom is -0.361 e. The predicted octanol–water partition coefficient (Wildman–Crippen LogP) is 4.37. The number of hydrogen-bond donors (Lipinski definition) is 1. The molecular formula is C25H33N3O2. The molecule has 5 rings (SSSR count). The van der Waals surface area contributed by atoms with E-state index in [4.69, 9.17) is 4.52 Å². The Hall–Kier alpha value is -2.14. The first-order valence-corrected chi connectivity index (χ1v) is 11.6. The summed E-state index contributed by atoms with van der Waals surface area (Å²) < 4.78 is 5.35. The number of fused-ring (bicyclic) bond motifs is 2. The van der Waals surface area contributed by atoms with Gasteiger partial charge in [0.25, 0.3) is 0 Å². The van der Waals surface area contributed by atoms with E-state index >= 15 is 0 Å². The fourth-order valence-corrected chi connectivity index (χ4v) is 5.84. The number of carbonyl (C=O) groups is 1. The second-order valence-electron chi connectivity index (χ2n) is 9.75. The van der Waals surface area contributed by atoms with E-state index in [2.05, 4.69) is 39.6 Å². The summed E-state index contributed by atoms with van der Waals surface area (Å²) in [7, 11) is 0. The first-order chi connectivity index (χ1) is 14.5. The van der Waals surface area contributed by atoms with Crippen LogP contribution in [-0.4, -0.2) is 35.1 Å². The van der Waals surface area contributed by atoms with Crippen LogP contribution < -0.4 is 5.32 Å². The Morgan fingerprint density at radius 2 is 2.00 bits per heavy atom. The van der Waals surface area contributed by atoms with Crippen LogP contribution in [-0.2, 0) is 16.8 Å². The number of nitrogens with zero attached hydrogens (tertiary/aromatic N) is 2. The summed E-state index contributed by atoms with van der Waals surface area (Å²) in [5, 5.41) is 7.36. The number of hydrogen-bond acceptors (Lipinski definition) is 4. The van der Waals surface area contributed by atoms with Crippen molar-refractivity contribution in [3.05, 3.63) is 52.4 Å². The molecule has 0 radical (unpaired) electrons. The zero-order valence-electron chi connectivity index (χ0n) is 18.2. The Morgan fingerprint density at radius 3 is 2.67 bits per heavy atom. The van der Waals surface area contributed by atoms with E-state index in [0.29, 0.717) is 18.4 Å². The van der Waals surface area contributed by atoms with Gasteiger partial charge < -0.3 is 9.84 Å². The Kier molecular flexibility index (Phi) is 5.18. The first kappa shape index (κ1) is 19.8. The molecule has 1 atom stereocenters. The number of nitrogens with one attached hydrogen (secondary N) is 1. The van der Waals surface area contributed by atoms with E-state index in [1.54, 1.807) is 0 Å². The van der Waals surface area contributed by atoms with Gasteiger partial charge in [-0.1, -0.05) is 29.4 Å². The van der Waals surface area contributed by atoms with Crippen LogP contribution in [0.2, 0.25) is 0 Å². The average molecular weight is 408 g/mol. The Bertz CT molecular complexity index is 903. The van der Waals surface area contributed by atoms with Gasteiger partial charge in [0.05, 0.1) is 5.69 Å². The number of aromatic nitrogens is 1. The molecule has 0 bridgehead atoms. The minimum absolute atomic E-state index is 0.229. The third-order valence-electron chi connectivity index (χ3n) is 7.89. The van der Waals surface area contributed by atoms with Crippen molar-refractivity contribution < 1.29 is 9.32 Å². The molecule has 3 aliphatic rings. The monoisotopic (exact) mass is 407 g/mol. The second-order valence-corrected chi connectivity index (χ2v) is 9.75. The number of aryl methyl sites for hydroxylation is 2. The Labute approximate surface area is 179 Å². The van der Waals surface area contributed by atoms with Gasteiger partial charge in [0, 0.05) is 24.6 Å². The molecule has 2 heterocycles. The molecule has 2 aliphatic carbocycles. The summed E-state index contributed by atoms with van der Waals surface area (Å²) in [6.07, 6.45) is 7.63. The predicted molar refractivity (Wildman–Crippen MR) is 116 cm³/mol. The van der Waals surface area contributed by atoms with Crippen LogP contribution >= 0.6 is 0 Å². The van der Waals surface area contributed by atoms with Crippen LogP contribution in [0.15, 0.2) is 28.8 Å². The maximum atomic E-state index is 12.6. The quantitative estimate of drug-likeness (QED) is 0.800. The minimum atomic E-state index is 0.229. The van der Waals surface area contributed by atoms with Gasteiger partial charge in [0.2, 0.25) is 5.91 Å². The van der Waals surface area contributed by atoms with E-state index in [1.165, 1.54) is 23.1 Å². The van der Waals surface area contributed by atoms with Crippen LogP contribution in [0, 0.1) is 13.8 Å². The maximum absolute atomic E-state index is 12.6. The largest absolute Gasteiger partial charge is 0.361 e. The van der Waals surface area contributed by atoms with Crippen LogP contribution in [0.5, 0.6) is 0 Å². The van der Waals surface area contributed by atoms with Crippen LogP contribution in [0.3, 0.4) is 0 Å². The van der Waals surface area contributed by atoms with Crippen molar-refractivity contribution >= 4 is 5.91 Å². The molecule has 1 N–H and O–H groups in total. The third kappa shape index (κ3) is 3.58. The number of likely N-dealkylation sites (tertiary alicyclic amines) is 1. The lowest BCUT2D eigenvalue weighted by atomic mass is 9.73. The van der Waals surface area contributed by atoms with Gasteiger partial charge in [0.1, 0.15) is 5.76 Å². The average Bonchev–Trinajstić information content (AvgIpc) is 3.19. The highest BCUT2D eigenvalue weighted by atomic mass is 16.5. The lowest BCUT2D eigenvalue weighted by Crippen LogP contribution is -2.41. The molecule has 5 heteroatoms. The van der Waals surface area contributed by atoms with Crippen molar-refractivity contribution in [2.75, 3.05) is 13.1 Å². The fraction of sp³-hybridized carbons (Fsp3) is 0.600. The number of piperidine rings is 1. The van der Waals surface area contributed by atoms with Gasteiger partial charge in [-0.15, -0.1) is 0 Å². The molecule has 1 amide bonds. The van der Waals surface area contributed by atoms with Crippen LogP contribution in [0.4, 0.5) is 0 Å². The van der Waals surface area contributed by atoms with Crippen molar-refractivity contribution in [1.29, 1.82) is 0 Å². The van der Waals surface area contributed by atoms with Gasteiger partial charge in [0.15, 0.2) is 0 Å². The van der Waals surface area contributed by atoms with E-state index in [9.17, 15) is 4.79 Å². The summed E-state index contributed by atoms with van der Waals surface area (Å²) in [5.74, 6) is 1.54. The number of benzene rings is 1. The van der Waals surface area contributed by atoms with Gasteiger partial charge >= 0.3 is 0 Å². The molecule has 5 nitrogen and oxygen atoms in total. The summed E-state index contributed by atoms with van der Waals surface area (Å²) in [6, 6.07) is 9.33. The Balaban J connectivity index is 1.27. The molecule has 30 heavy (non-hydrogen) atoms. The van der Waals surface area contributed by atoms with Crippen LogP contribution in [0.1, 0.15) is 79.0 Å². The second kappa shape index (κ2) is 7.84. The molecule has 1 saturated carbocycles. The summed E-state index contributed by atoms with van der Waals surface area (Å²) in [5.41, 5.74) is 5.40. The molecule has 1 saturated heterocycles. The van der Waals surface area contributed by atoms with Crippen molar-refractivity contribution in [1.82, 2.24) is 15.4 Å². The summed E-state index contributed by atoms with van der Waals surface area (Å²) in [6.45, 7) is 7.13. The summed E-state index contributed by atoms with van der Waals surface area (Å²) >= 11 is 0. The van der Waals surface area contributed by atoms with Gasteiger partial charge in [-0.3, -0.25) is 9.69 Å². The third-order valence-corrected chi connectivity index (χ3v) is 7.89. The fourth-order valence-electron chi connectivity index (χ4n) is 5.84. The zero-order chi connectivity index (χ0) is 20.7. The highest BCUT2D eigenvalue weighted by Gasteiger charge is 2.45. The Morgan fingerprint density at radius 1 is 1.23 bits per heavy atom. The highest BCUT2D eigenvalue weighted by Crippen LogP contribution is 2.52. The molecule has 2 fully saturated rings. The molecule has 1 unspecified atom stereocenters. The van der Waals surface area contributed by atoms with Gasteiger partial charge in [-0.2, -0.15) is 0 Å². The van der Waals surface area contributed by atoms with E-state index < -0.39 is 0 Å². The normalized spacial score (nSPS) is 23.3. The number of carbonyl (C=O) groups excluding carboxylic acids is 1. The van der Waals surface area contributed by atoms with E-state index in [1.807, 2.05) is 13.8 Å². The van der Waals surface area contributed by atoms with Crippen molar-refractivity contribution in [2.24, 2.45) is 0 Å². The smallest absolute Gasteiger partial charge is 0.220 e. The van der Waals surface area contributed by atoms with Crippen LogP contribution in [0.25, 0.3) is 0 Å². The van der Waals surface area contributed by atoms with Crippen molar-refractivity contribution in [2.45, 2.75) is 82.7 Å². The lowest BCUT2D eigenvalue weighted by Gasteiger charge is -2.40. The number of amides is 1. The highest BCUT2D eigenvalue weighted by molar-refractivity contribution is 5.77. The van der Waals surface area contributed by atoms with Crippen molar-refractivity contribution in [3.8, 4) is 0 Å². The molecule has 1 aromatic carbocycles.